The first-order valence-electron chi connectivity index (χ1n) is 3.41. The smallest absolute Gasteiger partial charge is 0.233 e. The van der Waals surface area contributed by atoms with Gasteiger partial charge in [-0.2, -0.15) is 13.2 Å². The predicted octanol–water partition coefficient (Wildman–Crippen LogP) is 3.12. The molecule has 5 heteroatoms. The highest BCUT2D eigenvalue weighted by Crippen LogP contribution is 2.31. The van der Waals surface area contributed by atoms with E-state index in [4.69, 9.17) is 0 Å². The topological polar surface area (TPSA) is 12.9 Å². The van der Waals surface area contributed by atoms with Gasteiger partial charge in [0.05, 0.1) is 15.8 Å². The van der Waals surface area contributed by atoms with Crippen LogP contribution in [0.25, 0.3) is 10.2 Å². The molecule has 1 aromatic heterocycles. The Morgan fingerprint density at radius 2 is 2.08 bits per heavy atom. The molecular formula is C8H3F3NS. The lowest BCUT2D eigenvalue weighted by atomic mass is 10.2. The van der Waals surface area contributed by atoms with Crippen molar-refractivity contribution in [1.29, 1.82) is 0 Å². The lowest BCUT2D eigenvalue weighted by Gasteiger charge is -2.04. The van der Waals surface area contributed by atoms with Gasteiger partial charge in [0.2, 0.25) is 0 Å². The van der Waals surface area contributed by atoms with E-state index in [-0.39, 0.29) is 0 Å². The summed E-state index contributed by atoms with van der Waals surface area (Å²) in [6.07, 6.45) is -4.28. The molecule has 0 amide bonds. The van der Waals surface area contributed by atoms with Crippen molar-refractivity contribution in [2.45, 2.75) is 6.18 Å². The summed E-state index contributed by atoms with van der Waals surface area (Å²) in [6, 6.07) is 3.46. The number of fused-ring (bicyclic) bond motifs is 1. The zero-order valence-electron chi connectivity index (χ0n) is 6.22. The van der Waals surface area contributed by atoms with Crippen LogP contribution in [-0.2, 0) is 6.18 Å². The highest BCUT2D eigenvalue weighted by molar-refractivity contribution is 7.16. The minimum Gasteiger partial charge on any atom is -0.233 e. The summed E-state index contributed by atoms with van der Waals surface area (Å²) >= 11 is 1.08. The molecule has 1 heterocycles. The summed E-state index contributed by atoms with van der Waals surface area (Å²) in [7, 11) is 0. The largest absolute Gasteiger partial charge is 0.416 e. The molecular weight excluding hydrogens is 199 g/mol. The third kappa shape index (κ3) is 1.51. The Hall–Kier alpha value is -1.10. The van der Waals surface area contributed by atoms with Gasteiger partial charge in [0.25, 0.3) is 0 Å². The van der Waals surface area contributed by atoms with Crippen molar-refractivity contribution in [3.8, 4) is 0 Å². The van der Waals surface area contributed by atoms with Crippen molar-refractivity contribution in [3.05, 3.63) is 29.3 Å². The maximum absolute atomic E-state index is 12.2. The summed E-state index contributed by atoms with van der Waals surface area (Å²) in [6.45, 7) is 0. The highest BCUT2D eigenvalue weighted by atomic mass is 32.1. The van der Waals surface area contributed by atoms with Crippen molar-refractivity contribution >= 4 is 21.6 Å². The molecule has 0 spiro atoms. The number of hydrogen-bond acceptors (Lipinski definition) is 2. The zero-order valence-corrected chi connectivity index (χ0v) is 7.04. The molecule has 2 rings (SSSR count). The van der Waals surface area contributed by atoms with E-state index in [0.29, 0.717) is 10.2 Å². The molecule has 0 bridgehead atoms. The SMILES string of the molecule is FC(F)(F)c1ccc2n[c]sc2c1. The Kier molecular flexibility index (Phi) is 1.76. The Morgan fingerprint density at radius 3 is 2.77 bits per heavy atom. The fourth-order valence-electron chi connectivity index (χ4n) is 0.986. The number of thiazole rings is 1. The van der Waals surface area contributed by atoms with Gasteiger partial charge in [0, 0.05) is 0 Å². The van der Waals surface area contributed by atoms with Crippen LogP contribution in [0.2, 0.25) is 0 Å². The molecule has 0 aliphatic heterocycles. The van der Waals surface area contributed by atoms with Crippen LogP contribution < -0.4 is 0 Å². The molecule has 0 aliphatic carbocycles. The molecule has 0 N–H and O–H groups in total. The van der Waals surface area contributed by atoms with Gasteiger partial charge in [-0.25, -0.2) is 4.98 Å². The van der Waals surface area contributed by atoms with E-state index in [1.54, 1.807) is 0 Å². The van der Waals surface area contributed by atoms with E-state index in [0.717, 1.165) is 23.5 Å². The molecule has 0 aliphatic rings. The summed E-state index contributed by atoms with van der Waals surface area (Å²) in [4.78, 5) is 3.77. The lowest BCUT2D eigenvalue weighted by Crippen LogP contribution is -2.03. The van der Waals surface area contributed by atoms with Crippen LogP contribution >= 0.6 is 11.3 Å². The molecule has 0 atom stereocenters. The summed E-state index contributed by atoms with van der Waals surface area (Å²) < 4.78 is 37.1. The Bertz CT molecular complexity index is 432. The van der Waals surface area contributed by atoms with Crippen LogP contribution in [0.4, 0.5) is 13.2 Å². The second-order valence-electron chi connectivity index (χ2n) is 2.49. The first kappa shape index (κ1) is 8.50. The fourth-order valence-corrected chi connectivity index (χ4v) is 1.63. The monoisotopic (exact) mass is 202 g/mol. The van der Waals surface area contributed by atoms with E-state index in [1.807, 2.05) is 0 Å². The van der Waals surface area contributed by atoms with Crippen LogP contribution in [-0.4, -0.2) is 4.98 Å². The van der Waals surface area contributed by atoms with Crippen LogP contribution in [0.1, 0.15) is 5.56 Å². The maximum Gasteiger partial charge on any atom is 0.416 e. The molecule has 13 heavy (non-hydrogen) atoms. The maximum atomic E-state index is 12.2. The van der Waals surface area contributed by atoms with Crippen LogP contribution in [0.3, 0.4) is 0 Å². The number of alkyl halides is 3. The number of aromatic nitrogens is 1. The Balaban J connectivity index is 2.61. The molecule has 67 valence electrons. The standard InChI is InChI=1S/C8H3F3NS/c9-8(10,11)5-1-2-6-7(3-5)13-4-12-6/h1-3H. The average molecular weight is 202 g/mol. The Labute approximate surface area is 75.8 Å². The molecule has 1 aromatic carbocycles. The van der Waals surface area contributed by atoms with Crippen LogP contribution in [0.5, 0.6) is 0 Å². The third-order valence-electron chi connectivity index (χ3n) is 1.61. The second kappa shape index (κ2) is 2.70. The van der Waals surface area contributed by atoms with Gasteiger partial charge in [0.15, 0.2) is 5.51 Å². The fraction of sp³-hybridized carbons (Fsp3) is 0.125. The van der Waals surface area contributed by atoms with E-state index in [2.05, 4.69) is 10.5 Å². The lowest BCUT2D eigenvalue weighted by molar-refractivity contribution is -0.137. The number of benzene rings is 1. The highest BCUT2D eigenvalue weighted by Gasteiger charge is 2.30. The summed E-state index contributed by atoms with van der Waals surface area (Å²) in [5.41, 5.74) is 2.45. The number of rotatable bonds is 0. The second-order valence-corrected chi connectivity index (χ2v) is 3.31. The van der Waals surface area contributed by atoms with E-state index >= 15 is 0 Å². The Morgan fingerprint density at radius 1 is 1.31 bits per heavy atom. The van der Waals surface area contributed by atoms with Gasteiger partial charge in [-0.3, -0.25) is 0 Å². The van der Waals surface area contributed by atoms with Gasteiger partial charge < -0.3 is 0 Å². The number of halogens is 3. The first-order chi connectivity index (χ1) is 6.07. The van der Waals surface area contributed by atoms with Crippen molar-refractivity contribution in [3.63, 3.8) is 0 Å². The minimum absolute atomic E-state index is 0.509. The molecule has 1 radical (unpaired) electrons. The average Bonchev–Trinajstić information content (AvgIpc) is 2.47. The van der Waals surface area contributed by atoms with Gasteiger partial charge in [-0.1, -0.05) is 0 Å². The first-order valence-corrected chi connectivity index (χ1v) is 4.23. The zero-order chi connectivity index (χ0) is 9.47. The van der Waals surface area contributed by atoms with Gasteiger partial charge in [-0.05, 0) is 18.2 Å². The summed E-state index contributed by atoms with van der Waals surface area (Å²) in [5, 5.41) is 0. The normalized spacial score (nSPS) is 12.2. The molecule has 2 aromatic rings. The third-order valence-corrected chi connectivity index (χ3v) is 2.34. The van der Waals surface area contributed by atoms with Crippen molar-refractivity contribution < 1.29 is 13.2 Å². The van der Waals surface area contributed by atoms with Gasteiger partial charge in [0.1, 0.15) is 0 Å². The molecule has 0 unspecified atom stereocenters. The molecule has 1 nitrogen and oxygen atoms in total. The summed E-state index contributed by atoms with van der Waals surface area (Å²) in [5.74, 6) is 0. The molecule has 0 saturated carbocycles. The predicted molar refractivity (Wildman–Crippen MR) is 43.5 cm³/mol. The molecule has 0 fully saturated rings. The quantitative estimate of drug-likeness (QED) is 0.639. The van der Waals surface area contributed by atoms with E-state index in [1.165, 1.54) is 6.07 Å². The van der Waals surface area contributed by atoms with Gasteiger partial charge >= 0.3 is 6.18 Å². The molecule has 0 saturated heterocycles. The van der Waals surface area contributed by atoms with Crippen molar-refractivity contribution in [2.24, 2.45) is 0 Å². The van der Waals surface area contributed by atoms with Crippen molar-refractivity contribution in [2.75, 3.05) is 0 Å². The van der Waals surface area contributed by atoms with E-state index in [9.17, 15) is 13.2 Å². The van der Waals surface area contributed by atoms with Gasteiger partial charge in [-0.15, -0.1) is 11.3 Å². The van der Waals surface area contributed by atoms with E-state index < -0.39 is 11.7 Å². The minimum atomic E-state index is -4.28. The van der Waals surface area contributed by atoms with Crippen molar-refractivity contribution in [1.82, 2.24) is 4.98 Å². The van der Waals surface area contributed by atoms with Crippen LogP contribution in [0, 0.1) is 5.51 Å². The number of nitrogens with zero attached hydrogens (tertiary/aromatic N) is 1. The van der Waals surface area contributed by atoms with Crippen LogP contribution in [0.15, 0.2) is 18.2 Å². The number of hydrogen-bond donors (Lipinski definition) is 0.